The summed E-state index contributed by atoms with van der Waals surface area (Å²) in [5.74, 6) is -0.758. The molecule has 0 aliphatic heterocycles. The molecule has 134 valence electrons. The van der Waals surface area contributed by atoms with Crippen molar-refractivity contribution in [3.63, 3.8) is 0 Å². The van der Waals surface area contributed by atoms with Gasteiger partial charge in [-0.3, -0.25) is 14.4 Å². The summed E-state index contributed by atoms with van der Waals surface area (Å²) in [5, 5.41) is 12.4. The molecule has 0 aromatic carbocycles. The number of hydrogen-bond acceptors (Lipinski definition) is 4. The lowest BCUT2D eigenvalue weighted by atomic mass is 10.0. The van der Waals surface area contributed by atoms with E-state index < -0.39 is 12.1 Å². The molecule has 0 fully saturated rings. The molecule has 1 amide bonds. The molecule has 0 saturated heterocycles. The van der Waals surface area contributed by atoms with Crippen molar-refractivity contribution in [2.75, 3.05) is 0 Å². The molecule has 0 saturated carbocycles. The van der Waals surface area contributed by atoms with Gasteiger partial charge in [-0.2, -0.15) is 0 Å². The monoisotopic (exact) mass is 327 g/mol. The fraction of sp³-hybridized carbons (Fsp3) is 0.833. The van der Waals surface area contributed by atoms with Gasteiger partial charge >= 0.3 is 0 Å². The first kappa shape index (κ1) is 21.8. The summed E-state index contributed by atoms with van der Waals surface area (Å²) in [6, 6.07) is -0.772. The summed E-state index contributed by atoms with van der Waals surface area (Å²) in [5.41, 5.74) is 0. The Labute approximate surface area is 140 Å². The molecule has 2 atom stereocenters. The molecule has 0 rings (SSSR count). The third kappa shape index (κ3) is 13.0. The molecular weight excluding hydrogens is 294 g/mol. The highest BCUT2D eigenvalue weighted by Gasteiger charge is 2.20. The van der Waals surface area contributed by atoms with Crippen LogP contribution in [-0.2, 0) is 14.4 Å². The fourth-order valence-electron chi connectivity index (χ4n) is 2.49. The summed E-state index contributed by atoms with van der Waals surface area (Å²) in [4.78, 5) is 34.3. The molecule has 5 heteroatoms. The van der Waals surface area contributed by atoms with Crippen LogP contribution in [0, 0.1) is 0 Å². The van der Waals surface area contributed by atoms with Crippen LogP contribution in [0.1, 0.15) is 85.0 Å². The standard InChI is InChI=1S/C18H33NO4/c1-4-5-6-7-8-9-10-11-16(22)13-18(23)19-17(15(3)21)12-14(2)20/h16-17,22H,4-13H2,1-3H3,(H,19,23)/t16-,17+/m1/s1. The number of ketones is 2. The van der Waals surface area contributed by atoms with Gasteiger partial charge in [-0.15, -0.1) is 0 Å². The van der Waals surface area contributed by atoms with E-state index in [0.717, 1.165) is 12.8 Å². The highest BCUT2D eigenvalue weighted by atomic mass is 16.3. The normalized spacial score (nSPS) is 13.4. The summed E-state index contributed by atoms with van der Waals surface area (Å²) in [7, 11) is 0. The van der Waals surface area contributed by atoms with Crippen LogP contribution < -0.4 is 5.32 Å². The van der Waals surface area contributed by atoms with Gasteiger partial charge in [-0.25, -0.2) is 0 Å². The molecule has 0 aromatic heterocycles. The molecule has 23 heavy (non-hydrogen) atoms. The second kappa shape index (κ2) is 13.2. The summed E-state index contributed by atoms with van der Waals surface area (Å²) < 4.78 is 0. The van der Waals surface area contributed by atoms with E-state index >= 15 is 0 Å². The predicted octanol–water partition coefficient (Wildman–Crippen LogP) is 2.93. The number of rotatable bonds is 14. The molecule has 0 heterocycles. The Morgan fingerprint density at radius 1 is 0.913 bits per heavy atom. The van der Waals surface area contributed by atoms with Crippen LogP contribution in [0.15, 0.2) is 0 Å². The minimum Gasteiger partial charge on any atom is -0.393 e. The van der Waals surface area contributed by atoms with Crippen LogP contribution in [0.4, 0.5) is 0 Å². The van der Waals surface area contributed by atoms with Gasteiger partial charge in [0, 0.05) is 6.42 Å². The Balaban J connectivity index is 3.87. The van der Waals surface area contributed by atoms with Crippen LogP contribution in [0.5, 0.6) is 0 Å². The van der Waals surface area contributed by atoms with Crippen molar-refractivity contribution >= 4 is 17.5 Å². The van der Waals surface area contributed by atoms with Crippen molar-refractivity contribution in [2.45, 2.75) is 97.1 Å². The van der Waals surface area contributed by atoms with Gasteiger partial charge in [0.2, 0.25) is 5.91 Å². The minimum atomic E-state index is -0.772. The van der Waals surface area contributed by atoms with Crippen LogP contribution in [0.3, 0.4) is 0 Å². The number of carbonyl (C=O) groups is 3. The first-order valence-corrected chi connectivity index (χ1v) is 8.84. The predicted molar refractivity (Wildman–Crippen MR) is 91.1 cm³/mol. The van der Waals surface area contributed by atoms with E-state index in [1.807, 2.05) is 0 Å². The maximum Gasteiger partial charge on any atom is 0.223 e. The third-order valence-electron chi connectivity index (χ3n) is 3.88. The van der Waals surface area contributed by atoms with Gasteiger partial charge in [0.1, 0.15) is 5.78 Å². The zero-order valence-electron chi connectivity index (χ0n) is 14.9. The van der Waals surface area contributed by atoms with Gasteiger partial charge < -0.3 is 10.4 Å². The SMILES string of the molecule is CCCCCCCCC[C@@H](O)CC(=O)N[C@@H](CC(C)=O)C(C)=O. The fourth-order valence-corrected chi connectivity index (χ4v) is 2.49. The Bertz CT molecular complexity index is 368. The van der Waals surface area contributed by atoms with Crippen molar-refractivity contribution in [3.05, 3.63) is 0 Å². The van der Waals surface area contributed by atoms with Crippen molar-refractivity contribution in [2.24, 2.45) is 0 Å². The molecule has 0 aliphatic rings. The Kier molecular flexibility index (Phi) is 12.5. The molecule has 0 unspecified atom stereocenters. The van der Waals surface area contributed by atoms with Gasteiger partial charge in [0.15, 0.2) is 5.78 Å². The Hall–Kier alpha value is -1.23. The molecule has 2 N–H and O–H groups in total. The maximum atomic E-state index is 11.8. The number of aliphatic hydroxyl groups is 1. The molecule has 5 nitrogen and oxygen atoms in total. The van der Waals surface area contributed by atoms with Gasteiger partial charge in [0.25, 0.3) is 0 Å². The lowest BCUT2D eigenvalue weighted by molar-refractivity contribution is -0.129. The second-order valence-corrected chi connectivity index (χ2v) is 6.40. The van der Waals surface area contributed by atoms with Crippen molar-refractivity contribution in [3.8, 4) is 0 Å². The van der Waals surface area contributed by atoms with Gasteiger partial charge in [0.05, 0.1) is 18.6 Å². The highest BCUT2D eigenvalue weighted by Crippen LogP contribution is 2.11. The number of aliphatic hydroxyl groups excluding tert-OH is 1. The van der Waals surface area contributed by atoms with Gasteiger partial charge in [-0.05, 0) is 20.3 Å². The minimum absolute atomic E-state index is 0.00886. The third-order valence-corrected chi connectivity index (χ3v) is 3.88. The number of amides is 1. The number of Topliss-reactive ketones (excluding diaryl/α,β-unsaturated/α-hetero) is 2. The zero-order chi connectivity index (χ0) is 17.7. The molecule has 0 radical (unpaired) electrons. The first-order chi connectivity index (χ1) is 10.9. The van der Waals surface area contributed by atoms with Crippen molar-refractivity contribution < 1.29 is 19.5 Å². The largest absolute Gasteiger partial charge is 0.393 e. The quantitative estimate of drug-likeness (QED) is 0.481. The van der Waals surface area contributed by atoms with E-state index in [-0.39, 0.29) is 30.3 Å². The van der Waals surface area contributed by atoms with Crippen molar-refractivity contribution in [1.82, 2.24) is 5.32 Å². The number of carbonyl (C=O) groups excluding carboxylic acids is 3. The average Bonchev–Trinajstić information content (AvgIpc) is 2.44. The number of hydrogen-bond donors (Lipinski definition) is 2. The van der Waals surface area contributed by atoms with E-state index in [0.29, 0.717) is 6.42 Å². The van der Waals surface area contributed by atoms with E-state index in [9.17, 15) is 19.5 Å². The second-order valence-electron chi connectivity index (χ2n) is 6.40. The smallest absolute Gasteiger partial charge is 0.223 e. The Morgan fingerprint density at radius 3 is 2.00 bits per heavy atom. The summed E-state index contributed by atoms with van der Waals surface area (Å²) >= 11 is 0. The summed E-state index contributed by atoms with van der Waals surface area (Å²) in [6.07, 6.45) is 8.07. The molecule has 0 aromatic rings. The van der Waals surface area contributed by atoms with E-state index in [1.54, 1.807) is 0 Å². The zero-order valence-corrected chi connectivity index (χ0v) is 14.9. The van der Waals surface area contributed by atoms with Crippen LogP contribution in [0.25, 0.3) is 0 Å². The van der Waals surface area contributed by atoms with Gasteiger partial charge in [-0.1, -0.05) is 51.9 Å². The molecular formula is C18H33NO4. The highest BCUT2D eigenvalue weighted by molar-refractivity contribution is 5.91. The molecule has 0 bridgehead atoms. The van der Waals surface area contributed by atoms with Crippen LogP contribution >= 0.6 is 0 Å². The molecule has 0 spiro atoms. The number of unbranched alkanes of at least 4 members (excludes halogenated alkanes) is 6. The lowest BCUT2D eigenvalue weighted by Gasteiger charge is -2.16. The molecule has 0 aliphatic carbocycles. The first-order valence-electron chi connectivity index (χ1n) is 8.84. The van der Waals surface area contributed by atoms with Crippen LogP contribution in [-0.4, -0.2) is 34.7 Å². The Morgan fingerprint density at radius 2 is 1.48 bits per heavy atom. The van der Waals surface area contributed by atoms with Crippen molar-refractivity contribution in [1.29, 1.82) is 0 Å². The van der Waals surface area contributed by atoms with Crippen LogP contribution in [0.2, 0.25) is 0 Å². The number of nitrogens with one attached hydrogen (secondary N) is 1. The van der Waals surface area contributed by atoms with E-state index in [2.05, 4.69) is 12.2 Å². The maximum absolute atomic E-state index is 11.8. The summed E-state index contributed by atoms with van der Waals surface area (Å²) in [6.45, 7) is 4.93. The van der Waals surface area contributed by atoms with E-state index in [4.69, 9.17) is 0 Å². The van der Waals surface area contributed by atoms with E-state index in [1.165, 1.54) is 46.0 Å². The lowest BCUT2D eigenvalue weighted by Crippen LogP contribution is -2.42. The topological polar surface area (TPSA) is 83.5 Å². The average molecular weight is 327 g/mol.